The molecule has 0 aliphatic rings. The molecule has 0 aromatic rings. The fraction of sp³-hybridized carbons (Fsp3) is 0.600. The minimum Gasteiger partial charge on any atom is -0.392 e. The number of allylic oxidation sites excluding steroid dienone is 1. The maximum Gasteiger partial charge on any atom is 0.0747 e. The molecule has 2 nitrogen and oxygen atoms in total. The third kappa shape index (κ3) is 5.10. The van der Waals surface area contributed by atoms with Crippen LogP contribution in [-0.4, -0.2) is 22.9 Å². The van der Waals surface area contributed by atoms with Gasteiger partial charge in [-0.3, -0.25) is 0 Å². The summed E-state index contributed by atoms with van der Waals surface area (Å²) in [5, 5.41) is 17.9. The second-order valence-electron chi connectivity index (χ2n) is 3.13. The van der Waals surface area contributed by atoms with E-state index in [1.807, 2.05) is 13.8 Å². The Morgan fingerprint density at radius 3 is 2.50 bits per heavy atom. The van der Waals surface area contributed by atoms with Crippen LogP contribution in [0.1, 0.15) is 26.7 Å². The first-order valence-corrected chi connectivity index (χ1v) is 4.18. The molecule has 0 rings (SSSR count). The van der Waals surface area contributed by atoms with E-state index in [9.17, 15) is 5.11 Å². The van der Waals surface area contributed by atoms with Gasteiger partial charge in [0.15, 0.2) is 0 Å². The van der Waals surface area contributed by atoms with Crippen LogP contribution in [0.4, 0.5) is 0 Å². The van der Waals surface area contributed by atoms with Gasteiger partial charge in [0.05, 0.1) is 12.7 Å². The van der Waals surface area contributed by atoms with Gasteiger partial charge in [-0.1, -0.05) is 23.8 Å². The molecule has 0 spiro atoms. The molecule has 0 heterocycles. The van der Waals surface area contributed by atoms with Gasteiger partial charge in [0, 0.05) is 0 Å². The lowest BCUT2D eigenvalue weighted by atomic mass is 10.0. The molecule has 1 atom stereocenters. The number of aliphatic hydroxyl groups excluding tert-OH is 2. The van der Waals surface area contributed by atoms with Gasteiger partial charge < -0.3 is 10.2 Å². The number of rotatable bonds is 5. The van der Waals surface area contributed by atoms with Crippen molar-refractivity contribution in [3.8, 4) is 0 Å². The van der Waals surface area contributed by atoms with Gasteiger partial charge in [0.1, 0.15) is 0 Å². The van der Waals surface area contributed by atoms with Crippen LogP contribution in [0.2, 0.25) is 0 Å². The first-order valence-electron chi connectivity index (χ1n) is 4.18. The summed E-state index contributed by atoms with van der Waals surface area (Å²) in [4.78, 5) is 0. The molecule has 0 aromatic heterocycles. The van der Waals surface area contributed by atoms with E-state index in [1.54, 1.807) is 6.08 Å². The third-order valence-corrected chi connectivity index (χ3v) is 1.82. The Hall–Kier alpha value is -0.600. The van der Waals surface area contributed by atoms with E-state index in [2.05, 4.69) is 6.58 Å². The zero-order valence-electron chi connectivity index (χ0n) is 7.88. The fourth-order valence-corrected chi connectivity index (χ4v) is 0.869. The van der Waals surface area contributed by atoms with E-state index < -0.39 is 6.10 Å². The molecule has 0 saturated carbocycles. The zero-order chi connectivity index (χ0) is 9.56. The molecule has 12 heavy (non-hydrogen) atoms. The van der Waals surface area contributed by atoms with E-state index >= 15 is 0 Å². The highest BCUT2D eigenvalue weighted by molar-refractivity contribution is 5.02. The van der Waals surface area contributed by atoms with E-state index in [0.29, 0.717) is 6.42 Å². The topological polar surface area (TPSA) is 40.5 Å². The van der Waals surface area contributed by atoms with Crippen molar-refractivity contribution in [1.82, 2.24) is 0 Å². The SMILES string of the molecule is C=C(C)C(O)CC/C(C)=C\CO. The van der Waals surface area contributed by atoms with Gasteiger partial charge in [0.25, 0.3) is 0 Å². The Kier molecular flexibility index (Phi) is 5.68. The third-order valence-electron chi connectivity index (χ3n) is 1.82. The van der Waals surface area contributed by atoms with Crippen molar-refractivity contribution < 1.29 is 10.2 Å². The molecule has 2 N–H and O–H groups in total. The first-order chi connectivity index (χ1) is 5.57. The van der Waals surface area contributed by atoms with Crippen LogP contribution in [-0.2, 0) is 0 Å². The van der Waals surface area contributed by atoms with Gasteiger partial charge in [-0.15, -0.1) is 0 Å². The highest BCUT2D eigenvalue weighted by Gasteiger charge is 2.03. The predicted octanol–water partition coefficient (Wildman–Crippen LogP) is 1.64. The molecule has 0 aromatic carbocycles. The highest BCUT2D eigenvalue weighted by atomic mass is 16.3. The summed E-state index contributed by atoms with van der Waals surface area (Å²) in [7, 11) is 0. The van der Waals surface area contributed by atoms with Crippen molar-refractivity contribution in [1.29, 1.82) is 0 Å². The summed E-state index contributed by atoms with van der Waals surface area (Å²) in [6.07, 6.45) is 2.85. The largest absolute Gasteiger partial charge is 0.392 e. The zero-order valence-corrected chi connectivity index (χ0v) is 7.88. The lowest BCUT2D eigenvalue weighted by Crippen LogP contribution is -2.06. The molecule has 0 amide bonds. The average Bonchev–Trinajstić information content (AvgIpc) is 2.00. The summed E-state index contributed by atoms with van der Waals surface area (Å²) < 4.78 is 0. The van der Waals surface area contributed by atoms with Crippen LogP contribution in [0.5, 0.6) is 0 Å². The van der Waals surface area contributed by atoms with Crippen molar-refractivity contribution >= 4 is 0 Å². The van der Waals surface area contributed by atoms with Gasteiger partial charge >= 0.3 is 0 Å². The van der Waals surface area contributed by atoms with E-state index in [4.69, 9.17) is 5.11 Å². The molecule has 70 valence electrons. The molecular formula is C10H18O2. The van der Waals surface area contributed by atoms with Crippen molar-refractivity contribution in [3.05, 3.63) is 23.8 Å². The van der Waals surface area contributed by atoms with Crippen molar-refractivity contribution in [2.75, 3.05) is 6.61 Å². The van der Waals surface area contributed by atoms with Crippen LogP contribution >= 0.6 is 0 Å². The fourth-order valence-electron chi connectivity index (χ4n) is 0.869. The standard InChI is InChI=1S/C10H18O2/c1-8(2)10(12)5-4-9(3)6-7-11/h6,10-12H,1,4-5,7H2,2-3H3/b9-6-. The van der Waals surface area contributed by atoms with Gasteiger partial charge in [-0.2, -0.15) is 0 Å². The molecule has 0 fully saturated rings. The quantitative estimate of drug-likeness (QED) is 0.616. The Morgan fingerprint density at radius 2 is 2.08 bits per heavy atom. The Bertz CT molecular complexity index is 171. The lowest BCUT2D eigenvalue weighted by Gasteiger charge is -2.09. The summed E-state index contributed by atoms with van der Waals surface area (Å²) in [6, 6.07) is 0. The Balaban J connectivity index is 3.68. The van der Waals surface area contributed by atoms with Crippen molar-refractivity contribution in [2.24, 2.45) is 0 Å². The average molecular weight is 170 g/mol. The molecule has 0 radical (unpaired) electrons. The summed E-state index contributed by atoms with van der Waals surface area (Å²) >= 11 is 0. The van der Waals surface area contributed by atoms with Crippen LogP contribution in [0, 0.1) is 0 Å². The monoisotopic (exact) mass is 170 g/mol. The minimum absolute atomic E-state index is 0.0784. The molecule has 0 saturated heterocycles. The lowest BCUT2D eigenvalue weighted by molar-refractivity contribution is 0.201. The molecular weight excluding hydrogens is 152 g/mol. The van der Waals surface area contributed by atoms with E-state index in [1.165, 1.54) is 0 Å². The second kappa shape index (κ2) is 5.98. The highest BCUT2D eigenvalue weighted by Crippen LogP contribution is 2.10. The normalized spacial score (nSPS) is 14.5. The predicted molar refractivity (Wildman–Crippen MR) is 50.9 cm³/mol. The Morgan fingerprint density at radius 1 is 1.50 bits per heavy atom. The van der Waals surface area contributed by atoms with E-state index in [-0.39, 0.29) is 6.61 Å². The number of aliphatic hydroxyl groups is 2. The molecule has 0 aliphatic heterocycles. The second-order valence-corrected chi connectivity index (χ2v) is 3.13. The Labute approximate surface area is 74.2 Å². The number of hydrogen-bond acceptors (Lipinski definition) is 2. The maximum atomic E-state index is 9.35. The maximum absolute atomic E-state index is 9.35. The van der Waals surface area contributed by atoms with E-state index in [0.717, 1.165) is 17.6 Å². The molecule has 1 unspecified atom stereocenters. The van der Waals surface area contributed by atoms with Crippen molar-refractivity contribution in [3.63, 3.8) is 0 Å². The smallest absolute Gasteiger partial charge is 0.0747 e. The van der Waals surface area contributed by atoms with Crippen molar-refractivity contribution in [2.45, 2.75) is 32.8 Å². The van der Waals surface area contributed by atoms with Gasteiger partial charge in [-0.05, 0) is 26.7 Å². The van der Waals surface area contributed by atoms with Gasteiger partial charge in [-0.25, -0.2) is 0 Å². The first kappa shape index (κ1) is 11.4. The molecule has 2 heteroatoms. The van der Waals surface area contributed by atoms with Gasteiger partial charge in [0.2, 0.25) is 0 Å². The molecule has 0 bridgehead atoms. The summed E-state index contributed by atoms with van der Waals surface area (Å²) in [5.74, 6) is 0. The minimum atomic E-state index is -0.410. The van der Waals surface area contributed by atoms with Crippen LogP contribution < -0.4 is 0 Å². The van der Waals surface area contributed by atoms with Crippen LogP contribution in [0.25, 0.3) is 0 Å². The molecule has 0 aliphatic carbocycles. The number of hydrogen-bond donors (Lipinski definition) is 2. The van der Waals surface area contributed by atoms with Crippen LogP contribution in [0.3, 0.4) is 0 Å². The summed E-state index contributed by atoms with van der Waals surface area (Å²) in [5.41, 5.74) is 1.91. The summed E-state index contributed by atoms with van der Waals surface area (Å²) in [6.45, 7) is 7.50. The van der Waals surface area contributed by atoms with Crippen LogP contribution in [0.15, 0.2) is 23.8 Å².